The van der Waals surface area contributed by atoms with E-state index in [2.05, 4.69) is 15.3 Å². The molecule has 0 aliphatic rings. The van der Waals surface area contributed by atoms with E-state index in [9.17, 15) is 5.11 Å². The zero-order chi connectivity index (χ0) is 13.7. The second kappa shape index (κ2) is 6.51. The third kappa shape index (κ3) is 4.85. The van der Waals surface area contributed by atoms with Gasteiger partial charge in [-0.3, -0.25) is 0 Å². The molecule has 0 amide bonds. The molecule has 6 nitrogen and oxygen atoms in total. The van der Waals surface area contributed by atoms with E-state index in [-0.39, 0.29) is 12.1 Å². The van der Waals surface area contributed by atoms with Crippen LogP contribution in [0, 0.1) is 6.92 Å². The molecule has 0 bridgehead atoms. The van der Waals surface area contributed by atoms with E-state index in [0.29, 0.717) is 18.4 Å². The summed E-state index contributed by atoms with van der Waals surface area (Å²) in [6.45, 7) is 7.80. The standard InChI is InChI=1S/C12H22N4O2/c1-7(2)18-11-5-8(3)15-12(16-11)14-6-10(13)9(4)17/h5,7,9-10,17H,6,13H2,1-4H3,(H,14,15,16). The van der Waals surface area contributed by atoms with Crippen LogP contribution in [-0.2, 0) is 0 Å². The molecule has 4 N–H and O–H groups in total. The van der Waals surface area contributed by atoms with E-state index in [1.54, 1.807) is 13.0 Å². The van der Waals surface area contributed by atoms with E-state index in [1.165, 1.54) is 0 Å². The Kier molecular flexibility index (Phi) is 5.30. The quantitative estimate of drug-likeness (QED) is 0.691. The largest absolute Gasteiger partial charge is 0.475 e. The molecule has 0 fully saturated rings. The smallest absolute Gasteiger partial charge is 0.226 e. The Bertz CT molecular complexity index is 382. The van der Waals surface area contributed by atoms with Gasteiger partial charge in [-0.25, -0.2) is 4.98 Å². The summed E-state index contributed by atoms with van der Waals surface area (Å²) in [5.41, 5.74) is 6.54. The van der Waals surface area contributed by atoms with E-state index in [0.717, 1.165) is 5.69 Å². The fraction of sp³-hybridized carbons (Fsp3) is 0.667. The van der Waals surface area contributed by atoms with Gasteiger partial charge in [0.2, 0.25) is 11.8 Å². The van der Waals surface area contributed by atoms with Gasteiger partial charge >= 0.3 is 0 Å². The molecule has 0 aliphatic heterocycles. The van der Waals surface area contributed by atoms with Crippen molar-refractivity contribution in [2.45, 2.75) is 45.9 Å². The number of hydrogen-bond acceptors (Lipinski definition) is 6. The van der Waals surface area contributed by atoms with Crippen LogP contribution in [0.2, 0.25) is 0 Å². The van der Waals surface area contributed by atoms with Crippen molar-refractivity contribution in [3.63, 3.8) is 0 Å². The number of ether oxygens (including phenoxy) is 1. The van der Waals surface area contributed by atoms with Crippen molar-refractivity contribution in [1.29, 1.82) is 0 Å². The average molecular weight is 254 g/mol. The zero-order valence-electron chi connectivity index (χ0n) is 11.3. The Labute approximate surface area is 108 Å². The molecule has 0 aromatic carbocycles. The van der Waals surface area contributed by atoms with Gasteiger partial charge < -0.3 is 20.9 Å². The number of aliphatic hydroxyl groups excluding tert-OH is 1. The summed E-state index contributed by atoms with van der Waals surface area (Å²) >= 11 is 0. The first kappa shape index (κ1) is 14.7. The minimum absolute atomic E-state index is 0.0619. The highest BCUT2D eigenvalue weighted by Crippen LogP contribution is 2.13. The number of aliphatic hydroxyl groups is 1. The molecule has 1 aromatic rings. The minimum Gasteiger partial charge on any atom is -0.475 e. The molecule has 1 heterocycles. The Hall–Kier alpha value is -1.40. The molecule has 18 heavy (non-hydrogen) atoms. The van der Waals surface area contributed by atoms with Crippen LogP contribution in [-0.4, -0.2) is 39.9 Å². The first-order valence-electron chi connectivity index (χ1n) is 6.08. The van der Waals surface area contributed by atoms with Crippen molar-refractivity contribution in [3.05, 3.63) is 11.8 Å². The first-order valence-corrected chi connectivity index (χ1v) is 6.08. The number of nitrogens with two attached hydrogens (primary N) is 1. The third-order valence-electron chi connectivity index (χ3n) is 2.30. The molecular formula is C12H22N4O2. The molecule has 0 saturated carbocycles. The zero-order valence-corrected chi connectivity index (χ0v) is 11.3. The van der Waals surface area contributed by atoms with Crippen LogP contribution in [0.5, 0.6) is 5.88 Å². The summed E-state index contributed by atoms with van der Waals surface area (Å²) in [5.74, 6) is 0.993. The SMILES string of the molecule is Cc1cc(OC(C)C)nc(NCC(N)C(C)O)n1. The molecule has 102 valence electrons. The van der Waals surface area contributed by atoms with Gasteiger partial charge in [0.05, 0.1) is 12.2 Å². The second-order valence-electron chi connectivity index (χ2n) is 4.62. The molecule has 6 heteroatoms. The molecule has 0 aliphatic carbocycles. The second-order valence-corrected chi connectivity index (χ2v) is 4.62. The number of aromatic nitrogens is 2. The Morgan fingerprint density at radius 2 is 2.06 bits per heavy atom. The third-order valence-corrected chi connectivity index (χ3v) is 2.30. The fourth-order valence-corrected chi connectivity index (χ4v) is 1.30. The van der Waals surface area contributed by atoms with Crippen LogP contribution in [0.4, 0.5) is 5.95 Å². The van der Waals surface area contributed by atoms with Gasteiger partial charge in [-0.15, -0.1) is 0 Å². The van der Waals surface area contributed by atoms with Gasteiger partial charge in [-0.1, -0.05) is 0 Å². The summed E-state index contributed by atoms with van der Waals surface area (Å²) in [4.78, 5) is 8.46. The topological polar surface area (TPSA) is 93.3 Å². The van der Waals surface area contributed by atoms with Crippen molar-refractivity contribution in [1.82, 2.24) is 9.97 Å². The maximum Gasteiger partial charge on any atom is 0.226 e. The van der Waals surface area contributed by atoms with Crippen LogP contribution >= 0.6 is 0 Å². The molecule has 0 saturated heterocycles. The van der Waals surface area contributed by atoms with Crippen LogP contribution in [0.3, 0.4) is 0 Å². The summed E-state index contributed by atoms with van der Waals surface area (Å²) < 4.78 is 5.52. The van der Waals surface area contributed by atoms with E-state index in [1.807, 2.05) is 20.8 Å². The highest BCUT2D eigenvalue weighted by Gasteiger charge is 2.10. The summed E-state index contributed by atoms with van der Waals surface area (Å²) in [5, 5.41) is 12.3. The number of rotatable bonds is 6. The van der Waals surface area contributed by atoms with Crippen LogP contribution < -0.4 is 15.8 Å². The number of hydrogen-bond donors (Lipinski definition) is 3. The van der Waals surface area contributed by atoms with E-state index in [4.69, 9.17) is 10.5 Å². The lowest BCUT2D eigenvalue weighted by molar-refractivity contribution is 0.168. The van der Waals surface area contributed by atoms with Crippen molar-refractivity contribution >= 4 is 5.95 Å². The number of nitrogens with one attached hydrogen (secondary N) is 1. The number of anilines is 1. The molecule has 0 radical (unpaired) electrons. The Morgan fingerprint density at radius 1 is 1.39 bits per heavy atom. The van der Waals surface area contributed by atoms with Gasteiger partial charge in [0.1, 0.15) is 0 Å². The predicted molar refractivity (Wildman–Crippen MR) is 70.7 cm³/mol. The fourth-order valence-electron chi connectivity index (χ4n) is 1.30. The first-order chi connectivity index (χ1) is 8.38. The van der Waals surface area contributed by atoms with Crippen molar-refractivity contribution in [3.8, 4) is 5.88 Å². The van der Waals surface area contributed by atoms with Crippen molar-refractivity contribution in [2.75, 3.05) is 11.9 Å². The predicted octanol–water partition coefficient (Wildman–Crippen LogP) is 0.692. The Morgan fingerprint density at radius 3 is 2.61 bits per heavy atom. The molecule has 0 spiro atoms. The molecule has 2 unspecified atom stereocenters. The minimum atomic E-state index is -0.575. The lowest BCUT2D eigenvalue weighted by Gasteiger charge is -2.16. The van der Waals surface area contributed by atoms with Crippen molar-refractivity contribution in [2.24, 2.45) is 5.73 Å². The highest BCUT2D eigenvalue weighted by atomic mass is 16.5. The van der Waals surface area contributed by atoms with E-state index >= 15 is 0 Å². The number of nitrogens with zero attached hydrogens (tertiary/aromatic N) is 2. The lowest BCUT2D eigenvalue weighted by atomic mass is 10.2. The van der Waals surface area contributed by atoms with Crippen LogP contribution in [0.1, 0.15) is 26.5 Å². The average Bonchev–Trinajstić information content (AvgIpc) is 2.23. The summed E-state index contributed by atoms with van der Waals surface area (Å²) in [7, 11) is 0. The van der Waals surface area contributed by atoms with E-state index < -0.39 is 6.10 Å². The number of aryl methyl sites for hydroxylation is 1. The molecule has 2 atom stereocenters. The van der Waals surface area contributed by atoms with Gasteiger partial charge in [-0.05, 0) is 27.7 Å². The lowest BCUT2D eigenvalue weighted by Crippen LogP contribution is -2.39. The highest BCUT2D eigenvalue weighted by molar-refractivity contribution is 5.30. The molecule has 1 rings (SSSR count). The molecule has 1 aromatic heterocycles. The summed E-state index contributed by atoms with van der Waals surface area (Å²) in [6, 6.07) is 1.42. The maximum atomic E-state index is 9.30. The molecular weight excluding hydrogens is 232 g/mol. The summed E-state index contributed by atoms with van der Waals surface area (Å²) in [6.07, 6.45) is -0.513. The van der Waals surface area contributed by atoms with Crippen molar-refractivity contribution < 1.29 is 9.84 Å². The van der Waals surface area contributed by atoms with Gasteiger partial charge in [0.25, 0.3) is 0 Å². The maximum absolute atomic E-state index is 9.30. The van der Waals surface area contributed by atoms with Gasteiger partial charge in [-0.2, -0.15) is 4.98 Å². The van der Waals surface area contributed by atoms with Crippen LogP contribution in [0.25, 0.3) is 0 Å². The Balaban J connectivity index is 2.68. The monoisotopic (exact) mass is 254 g/mol. The normalized spacial score (nSPS) is 14.4. The van der Waals surface area contributed by atoms with Gasteiger partial charge in [0.15, 0.2) is 0 Å². The van der Waals surface area contributed by atoms with Gasteiger partial charge in [0, 0.05) is 24.3 Å². The van der Waals surface area contributed by atoms with Crippen LogP contribution in [0.15, 0.2) is 6.07 Å².